The first kappa shape index (κ1) is 6.97. The maximum atomic E-state index is 12.4. The van der Waals surface area contributed by atoms with Gasteiger partial charge in [0.2, 0.25) is 5.92 Å². The van der Waals surface area contributed by atoms with Crippen LogP contribution in [-0.4, -0.2) is 5.92 Å². The number of hydrogen-bond donors (Lipinski definition) is 0. The molecule has 0 aliphatic heterocycles. The molecule has 0 spiro atoms. The molecule has 0 nitrogen and oxygen atoms in total. The molecule has 1 aliphatic carbocycles. The third kappa shape index (κ3) is 1.63. The number of halogens is 2. The first-order valence-electron chi connectivity index (χ1n) is 3.52. The first-order chi connectivity index (χ1) is 4.14. The number of alkyl halides is 2. The average molecular weight is 134 g/mol. The summed E-state index contributed by atoms with van der Waals surface area (Å²) in [5, 5.41) is 0. The van der Waals surface area contributed by atoms with Crippen LogP contribution >= 0.6 is 0 Å². The molecule has 0 heterocycles. The van der Waals surface area contributed by atoms with Crippen molar-refractivity contribution in [2.45, 2.75) is 38.5 Å². The van der Waals surface area contributed by atoms with Gasteiger partial charge in [0.25, 0.3) is 0 Å². The van der Waals surface area contributed by atoms with E-state index in [1.807, 2.05) is 6.92 Å². The Bertz CT molecular complexity index is 99.1. The molecular weight excluding hydrogens is 122 g/mol. The molecule has 0 amide bonds. The van der Waals surface area contributed by atoms with Gasteiger partial charge < -0.3 is 0 Å². The molecule has 1 atom stereocenters. The quantitative estimate of drug-likeness (QED) is 0.517. The Hall–Kier alpha value is -0.140. The second kappa shape index (κ2) is 2.24. The molecule has 0 unspecified atom stereocenters. The van der Waals surface area contributed by atoms with Gasteiger partial charge in [-0.2, -0.15) is 0 Å². The highest BCUT2D eigenvalue weighted by Crippen LogP contribution is 2.39. The van der Waals surface area contributed by atoms with Crippen LogP contribution < -0.4 is 0 Å². The Morgan fingerprint density at radius 3 is 2.44 bits per heavy atom. The predicted molar refractivity (Wildman–Crippen MR) is 32.6 cm³/mol. The van der Waals surface area contributed by atoms with Crippen molar-refractivity contribution in [2.75, 3.05) is 0 Å². The standard InChI is InChI=1S/C7H12F2/c1-2-6-3-4-7(8,9)5-6/h6H,2-5H2,1H3/t6-/m1/s1. The van der Waals surface area contributed by atoms with Crippen LogP contribution in [0.25, 0.3) is 0 Å². The summed E-state index contributed by atoms with van der Waals surface area (Å²) >= 11 is 0. The Morgan fingerprint density at radius 1 is 1.56 bits per heavy atom. The molecule has 0 N–H and O–H groups in total. The molecule has 0 radical (unpaired) electrons. The van der Waals surface area contributed by atoms with E-state index in [0.29, 0.717) is 5.92 Å². The Balaban J connectivity index is 2.38. The monoisotopic (exact) mass is 134 g/mol. The van der Waals surface area contributed by atoms with Crippen LogP contribution in [-0.2, 0) is 0 Å². The van der Waals surface area contributed by atoms with Gasteiger partial charge in [0, 0.05) is 12.8 Å². The zero-order chi connectivity index (χ0) is 6.91. The maximum Gasteiger partial charge on any atom is 0.248 e. The fraction of sp³-hybridized carbons (Fsp3) is 1.00. The minimum Gasteiger partial charge on any atom is -0.207 e. The molecule has 0 aromatic heterocycles. The van der Waals surface area contributed by atoms with Crippen molar-refractivity contribution in [1.82, 2.24) is 0 Å². The maximum absolute atomic E-state index is 12.4. The SMILES string of the molecule is CC[C@@H]1CCC(F)(F)C1. The van der Waals surface area contributed by atoms with Crippen molar-refractivity contribution in [3.8, 4) is 0 Å². The van der Waals surface area contributed by atoms with Crippen LogP contribution in [0.2, 0.25) is 0 Å². The fourth-order valence-corrected chi connectivity index (χ4v) is 1.39. The lowest BCUT2D eigenvalue weighted by Gasteiger charge is -2.06. The van der Waals surface area contributed by atoms with Gasteiger partial charge in [-0.1, -0.05) is 13.3 Å². The van der Waals surface area contributed by atoms with Crippen LogP contribution in [0.1, 0.15) is 32.6 Å². The Kier molecular flexibility index (Phi) is 1.73. The van der Waals surface area contributed by atoms with Gasteiger partial charge >= 0.3 is 0 Å². The van der Waals surface area contributed by atoms with Gasteiger partial charge in [-0.25, -0.2) is 8.78 Å². The van der Waals surface area contributed by atoms with Gasteiger partial charge in [0.15, 0.2) is 0 Å². The highest BCUT2D eigenvalue weighted by Gasteiger charge is 2.38. The van der Waals surface area contributed by atoms with E-state index >= 15 is 0 Å². The largest absolute Gasteiger partial charge is 0.248 e. The molecule has 1 rings (SSSR count). The minimum atomic E-state index is -2.33. The van der Waals surface area contributed by atoms with E-state index < -0.39 is 5.92 Å². The normalized spacial score (nSPS) is 33.0. The summed E-state index contributed by atoms with van der Waals surface area (Å²) in [5.74, 6) is -2.04. The first-order valence-corrected chi connectivity index (χ1v) is 3.52. The molecule has 0 aromatic rings. The van der Waals surface area contributed by atoms with Gasteiger partial charge in [0.05, 0.1) is 0 Å². The van der Waals surface area contributed by atoms with E-state index in [2.05, 4.69) is 0 Å². The third-order valence-electron chi connectivity index (χ3n) is 2.08. The van der Waals surface area contributed by atoms with E-state index in [1.54, 1.807) is 0 Å². The summed E-state index contributed by atoms with van der Waals surface area (Å²) in [6.45, 7) is 1.98. The van der Waals surface area contributed by atoms with Gasteiger partial charge in [-0.15, -0.1) is 0 Å². The smallest absolute Gasteiger partial charge is 0.207 e. The van der Waals surface area contributed by atoms with Gasteiger partial charge in [-0.3, -0.25) is 0 Å². The molecule has 2 heteroatoms. The van der Waals surface area contributed by atoms with Crippen LogP contribution in [0, 0.1) is 5.92 Å². The van der Waals surface area contributed by atoms with Crippen molar-refractivity contribution in [3.05, 3.63) is 0 Å². The molecule has 1 aliphatic rings. The van der Waals surface area contributed by atoms with E-state index in [-0.39, 0.29) is 12.8 Å². The van der Waals surface area contributed by atoms with Gasteiger partial charge in [0.1, 0.15) is 0 Å². The second-order valence-electron chi connectivity index (χ2n) is 2.87. The zero-order valence-electron chi connectivity index (χ0n) is 5.66. The van der Waals surface area contributed by atoms with E-state index in [0.717, 1.165) is 12.8 Å². The Labute approximate surface area is 54.3 Å². The lowest BCUT2D eigenvalue weighted by atomic mass is 10.1. The summed E-state index contributed by atoms with van der Waals surface area (Å²) in [6, 6.07) is 0. The van der Waals surface area contributed by atoms with Crippen LogP contribution in [0.3, 0.4) is 0 Å². The number of hydrogen-bond acceptors (Lipinski definition) is 0. The van der Waals surface area contributed by atoms with Crippen molar-refractivity contribution in [2.24, 2.45) is 5.92 Å². The summed E-state index contributed by atoms with van der Waals surface area (Å²) < 4.78 is 24.8. The van der Waals surface area contributed by atoms with E-state index in [4.69, 9.17) is 0 Å². The molecular formula is C7H12F2. The molecule has 0 aromatic carbocycles. The summed E-state index contributed by atoms with van der Waals surface area (Å²) in [7, 11) is 0. The molecule has 1 saturated carbocycles. The number of rotatable bonds is 1. The molecule has 1 fully saturated rings. The van der Waals surface area contributed by atoms with Crippen molar-refractivity contribution >= 4 is 0 Å². The minimum absolute atomic E-state index is 0.117. The van der Waals surface area contributed by atoms with Crippen molar-refractivity contribution < 1.29 is 8.78 Å². The van der Waals surface area contributed by atoms with Crippen LogP contribution in [0.15, 0.2) is 0 Å². The lowest BCUT2D eigenvalue weighted by Crippen LogP contribution is -2.09. The summed E-state index contributed by atoms with van der Waals surface area (Å²) in [6.07, 6.45) is 1.88. The predicted octanol–water partition coefficient (Wildman–Crippen LogP) is 2.83. The molecule has 9 heavy (non-hydrogen) atoms. The van der Waals surface area contributed by atoms with E-state index in [1.165, 1.54) is 0 Å². The van der Waals surface area contributed by atoms with Gasteiger partial charge in [-0.05, 0) is 12.3 Å². The highest BCUT2D eigenvalue weighted by atomic mass is 19.3. The topological polar surface area (TPSA) is 0 Å². The molecule has 54 valence electrons. The summed E-state index contributed by atoms with van der Waals surface area (Å²) in [4.78, 5) is 0. The van der Waals surface area contributed by atoms with Crippen LogP contribution in [0.5, 0.6) is 0 Å². The fourth-order valence-electron chi connectivity index (χ4n) is 1.39. The van der Waals surface area contributed by atoms with Crippen molar-refractivity contribution in [1.29, 1.82) is 0 Å². The zero-order valence-corrected chi connectivity index (χ0v) is 5.66. The average Bonchev–Trinajstić information content (AvgIpc) is 2.10. The Morgan fingerprint density at radius 2 is 2.22 bits per heavy atom. The molecule has 0 bridgehead atoms. The van der Waals surface area contributed by atoms with E-state index in [9.17, 15) is 8.78 Å². The molecule has 0 saturated heterocycles. The third-order valence-corrected chi connectivity index (χ3v) is 2.08. The lowest BCUT2D eigenvalue weighted by molar-refractivity contribution is 0.00491. The van der Waals surface area contributed by atoms with Crippen LogP contribution in [0.4, 0.5) is 8.78 Å². The van der Waals surface area contributed by atoms with Crippen molar-refractivity contribution in [3.63, 3.8) is 0 Å². The summed E-state index contributed by atoms with van der Waals surface area (Å²) in [5.41, 5.74) is 0. The highest BCUT2D eigenvalue weighted by molar-refractivity contribution is 4.79. The second-order valence-corrected chi connectivity index (χ2v) is 2.87.